The van der Waals surface area contributed by atoms with Crippen molar-refractivity contribution < 1.29 is 19.3 Å². The standard InChI is InChI=1S/C9H18O4/c1-3-6-12-13-8-5-4-7-11-9(2)10/h3-8H2,1-2H3. The molecule has 4 heteroatoms. The van der Waals surface area contributed by atoms with Gasteiger partial charge in [-0.1, -0.05) is 6.92 Å². The topological polar surface area (TPSA) is 44.8 Å². The minimum absolute atomic E-state index is 0.233. The molecule has 0 atom stereocenters. The van der Waals surface area contributed by atoms with Crippen molar-refractivity contribution in [3.05, 3.63) is 0 Å². The predicted molar refractivity (Wildman–Crippen MR) is 48.1 cm³/mol. The second kappa shape index (κ2) is 9.48. The Balaban J connectivity index is 2.87. The lowest BCUT2D eigenvalue weighted by Gasteiger charge is -2.02. The van der Waals surface area contributed by atoms with Gasteiger partial charge in [-0.3, -0.25) is 4.79 Å². The molecule has 0 aromatic heterocycles. The van der Waals surface area contributed by atoms with E-state index in [1.54, 1.807) is 0 Å². The molecule has 0 unspecified atom stereocenters. The summed E-state index contributed by atoms with van der Waals surface area (Å²) in [7, 11) is 0. The van der Waals surface area contributed by atoms with Gasteiger partial charge in [0.15, 0.2) is 0 Å². The molecule has 0 fully saturated rings. The second-order valence-corrected chi connectivity index (χ2v) is 2.69. The molecule has 0 saturated carbocycles. The number of rotatable bonds is 8. The maximum absolute atomic E-state index is 10.3. The van der Waals surface area contributed by atoms with Gasteiger partial charge in [0.25, 0.3) is 0 Å². The first-order valence-corrected chi connectivity index (χ1v) is 4.65. The Kier molecular flexibility index (Phi) is 9.03. The van der Waals surface area contributed by atoms with Crippen LogP contribution < -0.4 is 0 Å². The summed E-state index contributed by atoms with van der Waals surface area (Å²) in [5.74, 6) is -0.233. The van der Waals surface area contributed by atoms with Crippen LogP contribution in [0.5, 0.6) is 0 Å². The Morgan fingerprint density at radius 2 is 1.69 bits per heavy atom. The molecule has 0 bridgehead atoms. The van der Waals surface area contributed by atoms with Gasteiger partial charge < -0.3 is 4.74 Å². The summed E-state index contributed by atoms with van der Waals surface area (Å²) in [4.78, 5) is 20.0. The maximum atomic E-state index is 10.3. The van der Waals surface area contributed by atoms with Crippen LogP contribution in [-0.2, 0) is 19.3 Å². The van der Waals surface area contributed by atoms with E-state index in [1.165, 1.54) is 6.92 Å². The van der Waals surface area contributed by atoms with Crippen molar-refractivity contribution in [2.75, 3.05) is 19.8 Å². The number of hydrogen-bond acceptors (Lipinski definition) is 4. The van der Waals surface area contributed by atoms with Gasteiger partial charge in [0.1, 0.15) is 0 Å². The molecule has 0 aliphatic carbocycles. The Hall–Kier alpha value is -0.610. The fourth-order valence-corrected chi connectivity index (χ4v) is 0.680. The lowest BCUT2D eigenvalue weighted by atomic mass is 10.3. The number of carbonyl (C=O) groups excluding carboxylic acids is 1. The molecule has 78 valence electrons. The predicted octanol–water partition coefficient (Wildman–Crippen LogP) is 1.69. The SMILES string of the molecule is CCCOOCCCCOC(C)=O. The Morgan fingerprint density at radius 1 is 1.08 bits per heavy atom. The van der Waals surface area contributed by atoms with Crippen LogP contribution in [0.25, 0.3) is 0 Å². The van der Waals surface area contributed by atoms with Crippen molar-refractivity contribution in [3.8, 4) is 0 Å². The first-order chi connectivity index (χ1) is 6.27. The van der Waals surface area contributed by atoms with Crippen LogP contribution in [-0.4, -0.2) is 25.8 Å². The highest BCUT2D eigenvalue weighted by Gasteiger charge is 1.93. The molecule has 0 amide bonds. The van der Waals surface area contributed by atoms with Crippen LogP contribution in [0.4, 0.5) is 0 Å². The third-order valence-corrected chi connectivity index (χ3v) is 1.30. The summed E-state index contributed by atoms with van der Waals surface area (Å²) in [6.07, 6.45) is 2.61. The normalized spacial score (nSPS) is 10.0. The molecule has 0 saturated heterocycles. The van der Waals surface area contributed by atoms with Gasteiger partial charge in [-0.2, -0.15) is 0 Å². The minimum atomic E-state index is -0.233. The van der Waals surface area contributed by atoms with E-state index >= 15 is 0 Å². The van der Waals surface area contributed by atoms with E-state index in [2.05, 4.69) is 0 Å². The number of ether oxygens (including phenoxy) is 1. The third kappa shape index (κ3) is 11.4. The van der Waals surface area contributed by atoms with Crippen molar-refractivity contribution in [2.45, 2.75) is 33.1 Å². The molecule has 4 nitrogen and oxygen atoms in total. The van der Waals surface area contributed by atoms with Crippen LogP contribution in [0.2, 0.25) is 0 Å². The second-order valence-electron chi connectivity index (χ2n) is 2.69. The van der Waals surface area contributed by atoms with Crippen molar-refractivity contribution in [1.29, 1.82) is 0 Å². The minimum Gasteiger partial charge on any atom is -0.466 e. The maximum Gasteiger partial charge on any atom is 0.302 e. The van der Waals surface area contributed by atoms with Gasteiger partial charge in [0, 0.05) is 6.92 Å². The highest BCUT2D eigenvalue weighted by atomic mass is 17.2. The molecule has 0 radical (unpaired) electrons. The summed E-state index contributed by atoms with van der Waals surface area (Å²) in [6, 6.07) is 0. The van der Waals surface area contributed by atoms with E-state index in [0.717, 1.165) is 19.3 Å². The monoisotopic (exact) mass is 190 g/mol. The van der Waals surface area contributed by atoms with Crippen LogP contribution in [0.3, 0.4) is 0 Å². The lowest BCUT2D eigenvalue weighted by Crippen LogP contribution is -2.03. The molecule has 0 aromatic carbocycles. The molecule has 13 heavy (non-hydrogen) atoms. The summed E-state index contributed by atoms with van der Waals surface area (Å²) in [5, 5.41) is 0. The molecular weight excluding hydrogens is 172 g/mol. The Morgan fingerprint density at radius 3 is 2.31 bits per heavy atom. The van der Waals surface area contributed by atoms with Crippen LogP contribution in [0.15, 0.2) is 0 Å². The van der Waals surface area contributed by atoms with Crippen LogP contribution in [0.1, 0.15) is 33.1 Å². The van der Waals surface area contributed by atoms with E-state index in [4.69, 9.17) is 14.5 Å². The van der Waals surface area contributed by atoms with Gasteiger partial charge in [-0.15, -0.1) is 0 Å². The fourth-order valence-electron chi connectivity index (χ4n) is 0.680. The van der Waals surface area contributed by atoms with E-state index in [1.807, 2.05) is 6.92 Å². The van der Waals surface area contributed by atoms with Gasteiger partial charge in [-0.25, -0.2) is 9.78 Å². The zero-order valence-corrected chi connectivity index (χ0v) is 8.38. The molecule has 0 spiro atoms. The zero-order chi connectivity index (χ0) is 9.94. The smallest absolute Gasteiger partial charge is 0.302 e. The van der Waals surface area contributed by atoms with Gasteiger partial charge in [0.05, 0.1) is 19.8 Å². The van der Waals surface area contributed by atoms with E-state index in [0.29, 0.717) is 19.8 Å². The number of esters is 1. The van der Waals surface area contributed by atoms with E-state index < -0.39 is 0 Å². The highest BCUT2D eigenvalue weighted by Crippen LogP contribution is 1.92. The van der Waals surface area contributed by atoms with Gasteiger partial charge >= 0.3 is 5.97 Å². The van der Waals surface area contributed by atoms with Crippen LogP contribution in [0, 0.1) is 0 Å². The summed E-state index contributed by atoms with van der Waals surface area (Å²) >= 11 is 0. The highest BCUT2D eigenvalue weighted by molar-refractivity contribution is 5.65. The molecule has 0 aliphatic rings. The van der Waals surface area contributed by atoms with E-state index in [-0.39, 0.29) is 5.97 Å². The van der Waals surface area contributed by atoms with Gasteiger partial charge in [-0.05, 0) is 19.3 Å². The largest absolute Gasteiger partial charge is 0.466 e. The summed E-state index contributed by atoms with van der Waals surface area (Å²) < 4.78 is 4.73. The van der Waals surface area contributed by atoms with Crippen molar-refractivity contribution >= 4 is 5.97 Å². The molecule has 0 heterocycles. The molecule has 0 aliphatic heterocycles. The molecule has 0 rings (SSSR count). The fraction of sp³-hybridized carbons (Fsp3) is 0.889. The zero-order valence-electron chi connectivity index (χ0n) is 8.38. The first-order valence-electron chi connectivity index (χ1n) is 4.65. The molecular formula is C9H18O4. The van der Waals surface area contributed by atoms with E-state index in [9.17, 15) is 4.79 Å². The molecule has 0 N–H and O–H groups in total. The van der Waals surface area contributed by atoms with Crippen molar-refractivity contribution in [3.63, 3.8) is 0 Å². The molecule has 0 aromatic rings. The number of carbonyl (C=O) groups is 1. The number of unbranched alkanes of at least 4 members (excludes halogenated alkanes) is 1. The Labute approximate surface area is 79.1 Å². The quantitative estimate of drug-likeness (QED) is 0.253. The average molecular weight is 190 g/mol. The van der Waals surface area contributed by atoms with Crippen molar-refractivity contribution in [1.82, 2.24) is 0 Å². The third-order valence-electron chi connectivity index (χ3n) is 1.30. The summed E-state index contributed by atoms with van der Waals surface area (Å²) in [6.45, 7) is 5.07. The van der Waals surface area contributed by atoms with Crippen LogP contribution >= 0.6 is 0 Å². The number of hydrogen-bond donors (Lipinski definition) is 0. The van der Waals surface area contributed by atoms with Crippen molar-refractivity contribution in [2.24, 2.45) is 0 Å². The Bertz CT molecular complexity index is 125. The average Bonchev–Trinajstić information content (AvgIpc) is 2.09. The first kappa shape index (κ1) is 12.4. The van der Waals surface area contributed by atoms with Gasteiger partial charge in [0.2, 0.25) is 0 Å². The lowest BCUT2D eigenvalue weighted by molar-refractivity contribution is -0.294. The summed E-state index contributed by atoms with van der Waals surface area (Å²) in [5.41, 5.74) is 0.